The maximum atomic E-state index is 12.4. The molecule has 2 aromatic heterocycles. The van der Waals surface area contributed by atoms with Crippen molar-refractivity contribution in [3.05, 3.63) is 47.3 Å². The molecular weight excluding hydrogens is 296 g/mol. The maximum Gasteiger partial charge on any atom is 0.254 e. The van der Waals surface area contributed by atoms with Gasteiger partial charge in [-0.2, -0.15) is 0 Å². The van der Waals surface area contributed by atoms with Gasteiger partial charge in [0, 0.05) is 19.6 Å². The van der Waals surface area contributed by atoms with E-state index in [1.54, 1.807) is 19.3 Å². The summed E-state index contributed by atoms with van der Waals surface area (Å²) >= 11 is 0. The highest BCUT2D eigenvalue weighted by atomic mass is 16.5. The van der Waals surface area contributed by atoms with Crippen LogP contribution >= 0.6 is 0 Å². The molecule has 23 heavy (non-hydrogen) atoms. The Labute approximate surface area is 135 Å². The van der Waals surface area contributed by atoms with Crippen LogP contribution in [0, 0.1) is 13.8 Å². The van der Waals surface area contributed by atoms with E-state index in [0.717, 1.165) is 24.6 Å². The Hall–Kier alpha value is -2.05. The Morgan fingerprint density at radius 3 is 2.74 bits per heavy atom. The molecule has 1 aliphatic rings. The molecule has 1 aliphatic heterocycles. The van der Waals surface area contributed by atoms with Gasteiger partial charge in [-0.05, 0) is 32.0 Å². The number of carbonyl (C=O) groups excluding carboxylic acids is 1. The molecule has 0 unspecified atom stereocenters. The van der Waals surface area contributed by atoms with E-state index >= 15 is 0 Å². The van der Waals surface area contributed by atoms with Crippen molar-refractivity contribution in [3.8, 4) is 0 Å². The zero-order chi connectivity index (χ0) is 16.2. The van der Waals surface area contributed by atoms with Crippen LogP contribution in [0.2, 0.25) is 0 Å². The van der Waals surface area contributed by atoms with Crippen LogP contribution in [0.4, 0.5) is 0 Å². The van der Waals surface area contributed by atoms with Crippen molar-refractivity contribution < 1.29 is 18.4 Å². The van der Waals surface area contributed by atoms with Crippen molar-refractivity contribution >= 4 is 5.91 Å². The van der Waals surface area contributed by atoms with Crippen LogP contribution in [-0.4, -0.2) is 43.7 Å². The van der Waals surface area contributed by atoms with Gasteiger partial charge in [-0.15, -0.1) is 0 Å². The van der Waals surface area contributed by atoms with Gasteiger partial charge in [0.25, 0.3) is 5.91 Å². The lowest BCUT2D eigenvalue weighted by Gasteiger charge is -2.33. The number of amides is 1. The number of morpholine rings is 1. The van der Waals surface area contributed by atoms with E-state index in [1.165, 1.54) is 0 Å². The molecular formula is C17H22N2O4. The van der Waals surface area contributed by atoms with Crippen LogP contribution in [-0.2, 0) is 4.74 Å². The predicted molar refractivity (Wildman–Crippen MR) is 84.4 cm³/mol. The van der Waals surface area contributed by atoms with Gasteiger partial charge in [-0.3, -0.25) is 9.69 Å². The summed E-state index contributed by atoms with van der Waals surface area (Å²) in [5.74, 6) is 2.11. The highest BCUT2D eigenvalue weighted by molar-refractivity contribution is 5.95. The fourth-order valence-electron chi connectivity index (χ4n) is 2.92. The summed E-state index contributed by atoms with van der Waals surface area (Å²) in [6, 6.07) is 5.58. The Kier molecular flexibility index (Phi) is 4.83. The zero-order valence-corrected chi connectivity index (χ0v) is 13.5. The second-order valence-electron chi connectivity index (χ2n) is 5.72. The lowest BCUT2D eigenvalue weighted by molar-refractivity contribution is 0.0118. The van der Waals surface area contributed by atoms with Crippen molar-refractivity contribution in [1.82, 2.24) is 10.2 Å². The fraction of sp³-hybridized carbons (Fsp3) is 0.471. The normalized spacial score (nSPS) is 17.1. The van der Waals surface area contributed by atoms with Crippen LogP contribution in [0.25, 0.3) is 0 Å². The average Bonchev–Trinajstić information content (AvgIpc) is 3.18. The number of rotatable bonds is 5. The standard InChI is InChI=1S/C17H22N2O4/c1-12-10-14(13(2)23-12)17(20)18-11-15(16-4-3-7-22-16)19-5-8-21-9-6-19/h3-4,7,10,15H,5-6,8-9,11H2,1-2H3,(H,18,20)/t15-/m1/s1. The highest BCUT2D eigenvalue weighted by Gasteiger charge is 2.25. The number of furan rings is 2. The second-order valence-corrected chi connectivity index (χ2v) is 5.72. The van der Waals surface area contributed by atoms with Crippen LogP contribution < -0.4 is 5.32 Å². The fourth-order valence-corrected chi connectivity index (χ4v) is 2.92. The predicted octanol–water partition coefficient (Wildman–Crippen LogP) is 2.29. The van der Waals surface area contributed by atoms with Gasteiger partial charge in [0.2, 0.25) is 0 Å². The third kappa shape index (κ3) is 3.65. The van der Waals surface area contributed by atoms with Crippen LogP contribution in [0.1, 0.15) is 33.7 Å². The van der Waals surface area contributed by atoms with E-state index in [1.807, 2.05) is 19.1 Å². The number of hydrogen-bond acceptors (Lipinski definition) is 5. The van der Waals surface area contributed by atoms with Gasteiger partial charge < -0.3 is 18.9 Å². The molecule has 2 aromatic rings. The SMILES string of the molecule is Cc1cc(C(=O)NC[C@H](c2ccco2)N2CCOCC2)c(C)o1. The molecule has 0 bridgehead atoms. The smallest absolute Gasteiger partial charge is 0.254 e. The Morgan fingerprint density at radius 2 is 2.13 bits per heavy atom. The summed E-state index contributed by atoms with van der Waals surface area (Å²) in [5.41, 5.74) is 0.586. The second kappa shape index (κ2) is 7.02. The van der Waals surface area contributed by atoms with E-state index in [-0.39, 0.29) is 11.9 Å². The Bertz CT molecular complexity index is 642. The highest BCUT2D eigenvalue weighted by Crippen LogP contribution is 2.22. The molecule has 3 heterocycles. The molecule has 0 spiro atoms. The molecule has 1 amide bonds. The van der Waals surface area contributed by atoms with Gasteiger partial charge in [0.05, 0.1) is 31.1 Å². The molecule has 124 valence electrons. The van der Waals surface area contributed by atoms with Crippen LogP contribution in [0.15, 0.2) is 33.3 Å². The summed E-state index contributed by atoms with van der Waals surface area (Å²) < 4.78 is 16.4. The number of carbonyl (C=O) groups is 1. The summed E-state index contributed by atoms with van der Waals surface area (Å²) in [4.78, 5) is 14.7. The van der Waals surface area contributed by atoms with Crippen molar-refractivity contribution in [2.75, 3.05) is 32.8 Å². The quantitative estimate of drug-likeness (QED) is 0.916. The lowest BCUT2D eigenvalue weighted by atomic mass is 10.1. The summed E-state index contributed by atoms with van der Waals surface area (Å²) in [7, 11) is 0. The first-order valence-corrected chi connectivity index (χ1v) is 7.85. The van der Waals surface area contributed by atoms with Crippen LogP contribution in [0.3, 0.4) is 0 Å². The minimum absolute atomic E-state index is 0.00570. The van der Waals surface area contributed by atoms with E-state index in [9.17, 15) is 4.79 Å². The maximum absolute atomic E-state index is 12.4. The van der Waals surface area contributed by atoms with E-state index in [0.29, 0.717) is 31.1 Å². The molecule has 1 atom stereocenters. The first-order valence-electron chi connectivity index (χ1n) is 7.85. The van der Waals surface area contributed by atoms with Crippen molar-refractivity contribution in [2.45, 2.75) is 19.9 Å². The van der Waals surface area contributed by atoms with Gasteiger partial charge in [-0.1, -0.05) is 0 Å². The molecule has 6 nitrogen and oxygen atoms in total. The van der Waals surface area contributed by atoms with Gasteiger partial charge >= 0.3 is 0 Å². The number of nitrogens with zero attached hydrogens (tertiary/aromatic N) is 1. The molecule has 0 aromatic carbocycles. The summed E-state index contributed by atoms with van der Waals surface area (Å²) in [5, 5.41) is 3.00. The first kappa shape index (κ1) is 15.8. The van der Waals surface area contributed by atoms with E-state index in [2.05, 4.69) is 10.2 Å². The molecule has 0 saturated carbocycles. The van der Waals surface area contributed by atoms with Gasteiger partial charge in [0.15, 0.2) is 0 Å². The summed E-state index contributed by atoms with van der Waals surface area (Å²) in [6.45, 7) is 7.17. The lowest BCUT2D eigenvalue weighted by Crippen LogP contribution is -2.43. The topological polar surface area (TPSA) is 67.9 Å². The van der Waals surface area contributed by atoms with Crippen molar-refractivity contribution in [3.63, 3.8) is 0 Å². The molecule has 0 radical (unpaired) electrons. The van der Waals surface area contributed by atoms with Crippen LogP contribution in [0.5, 0.6) is 0 Å². The molecule has 1 fully saturated rings. The zero-order valence-electron chi connectivity index (χ0n) is 13.5. The molecule has 6 heteroatoms. The number of hydrogen-bond donors (Lipinski definition) is 1. The number of ether oxygens (including phenoxy) is 1. The van der Waals surface area contributed by atoms with Crippen molar-refractivity contribution in [1.29, 1.82) is 0 Å². The van der Waals surface area contributed by atoms with Gasteiger partial charge in [0.1, 0.15) is 17.3 Å². The largest absolute Gasteiger partial charge is 0.468 e. The molecule has 1 saturated heterocycles. The molecule has 0 aliphatic carbocycles. The third-order valence-electron chi connectivity index (χ3n) is 4.10. The Morgan fingerprint density at radius 1 is 1.35 bits per heavy atom. The van der Waals surface area contributed by atoms with Gasteiger partial charge in [-0.25, -0.2) is 0 Å². The van der Waals surface area contributed by atoms with E-state index < -0.39 is 0 Å². The molecule has 1 N–H and O–H groups in total. The van der Waals surface area contributed by atoms with E-state index in [4.69, 9.17) is 13.6 Å². The minimum Gasteiger partial charge on any atom is -0.468 e. The van der Waals surface area contributed by atoms with Crippen molar-refractivity contribution in [2.24, 2.45) is 0 Å². The monoisotopic (exact) mass is 318 g/mol. The average molecular weight is 318 g/mol. The Balaban J connectivity index is 1.69. The summed E-state index contributed by atoms with van der Waals surface area (Å²) in [6.07, 6.45) is 1.66. The first-order chi connectivity index (χ1) is 11.1. The molecule has 3 rings (SSSR count). The minimum atomic E-state index is -0.121. The number of nitrogens with one attached hydrogen (secondary N) is 1. The third-order valence-corrected chi connectivity index (χ3v) is 4.10. The number of aryl methyl sites for hydroxylation is 2.